The van der Waals surface area contributed by atoms with E-state index in [9.17, 15) is 5.26 Å². The highest BCUT2D eigenvalue weighted by atomic mass is 16.6. The van der Waals surface area contributed by atoms with Crippen molar-refractivity contribution in [2.45, 2.75) is 13.3 Å². The molecule has 0 amide bonds. The van der Waals surface area contributed by atoms with Crippen molar-refractivity contribution in [1.29, 1.82) is 5.26 Å². The molecule has 1 aromatic carbocycles. The van der Waals surface area contributed by atoms with Gasteiger partial charge in [-0.2, -0.15) is 5.26 Å². The van der Waals surface area contributed by atoms with E-state index in [0.29, 0.717) is 19.6 Å². The Morgan fingerprint density at radius 3 is 2.83 bits per heavy atom. The molecule has 5 nitrogen and oxygen atoms in total. The zero-order valence-corrected chi connectivity index (χ0v) is 12.7. The molecule has 4 rings (SSSR count). The van der Waals surface area contributed by atoms with Crippen LogP contribution in [0.25, 0.3) is 16.9 Å². The summed E-state index contributed by atoms with van der Waals surface area (Å²) in [7, 11) is 0. The number of ether oxygens (including phenoxy) is 2. The number of nitrogens with zero attached hydrogens (tertiary/aromatic N) is 3. The topological polar surface area (TPSA) is 59.5 Å². The molecule has 3 aromatic rings. The van der Waals surface area contributed by atoms with E-state index >= 15 is 0 Å². The van der Waals surface area contributed by atoms with E-state index in [1.54, 1.807) is 0 Å². The second-order valence-corrected chi connectivity index (χ2v) is 5.46. The quantitative estimate of drug-likeness (QED) is 0.730. The Morgan fingerprint density at radius 1 is 1.17 bits per heavy atom. The molecule has 0 spiro atoms. The van der Waals surface area contributed by atoms with E-state index in [1.165, 1.54) is 0 Å². The fourth-order valence-corrected chi connectivity index (χ4v) is 2.99. The van der Waals surface area contributed by atoms with Gasteiger partial charge >= 0.3 is 0 Å². The minimum Gasteiger partial charge on any atom is -0.486 e. The highest BCUT2D eigenvalue weighted by molar-refractivity contribution is 5.70. The summed E-state index contributed by atoms with van der Waals surface area (Å²) in [5, 5.41) is 9.22. The number of aryl methyl sites for hydroxylation is 1. The average Bonchev–Trinajstić information content (AvgIpc) is 2.95. The number of fused-ring (bicyclic) bond motifs is 2. The number of hydrogen-bond donors (Lipinski definition) is 0. The number of imidazole rings is 1. The molecule has 114 valence electrons. The van der Waals surface area contributed by atoms with Crippen LogP contribution in [0.5, 0.6) is 11.5 Å². The van der Waals surface area contributed by atoms with E-state index in [2.05, 4.69) is 6.07 Å². The van der Waals surface area contributed by atoms with Crippen LogP contribution in [-0.2, 0) is 6.42 Å². The van der Waals surface area contributed by atoms with Crippen LogP contribution in [0.3, 0.4) is 0 Å². The van der Waals surface area contributed by atoms with Gasteiger partial charge in [0.1, 0.15) is 18.9 Å². The van der Waals surface area contributed by atoms with Gasteiger partial charge in [0.2, 0.25) is 0 Å². The summed E-state index contributed by atoms with van der Waals surface area (Å²) in [6.45, 7) is 3.13. The van der Waals surface area contributed by atoms with Gasteiger partial charge in [0, 0.05) is 11.3 Å². The number of rotatable bonds is 2. The molecule has 0 aliphatic carbocycles. The number of aromatic nitrogens is 2. The maximum absolute atomic E-state index is 9.22. The van der Waals surface area contributed by atoms with Crippen LogP contribution < -0.4 is 9.47 Å². The lowest BCUT2D eigenvalue weighted by Gasteiger charge is -2.18. The third-order valence-corrected chi connectivity index (χ3v) is 4.00. The monoisotopic (exact) mass is 305 g/mol. The van der Waals surface area contributed by atoms with Crippen LogP contribution in [0.1, 0.15) is 11.4 Å². The molecule has 0 saturated heterocycles. The number of hydrogen-bond acceptors (Lipinski definition) is 4. The normalized spacial score (nSPS) is 13.0. The van der Waals surface area contributed by atoms with Gasteiger partial charge in [-0.05, 0) is 37.3 Å². The largest absolute Gasteiger partial charge is 0.486 e. The summed E-state index contributed by atoms with van der Waals surface area (Å²) in [6, 6.07) is 14.0. The van der Waals surface area contributed by atoms with Crippen LogP contribution >= 0.6 is 0 Å². The van der Waals surface area contributed by atoms with Crippen LogP contribution in [0.15, 0.2) is 36.4 Å². The van der Waals surface area contributed by atoms with E-state index < -0.39 is 0 Å². The summed E-state index contributed by atoms with van der Waals surface area (Å²) in [5.41, 5.74) is 4.56. The molecule has 2 aromatic heterocycles. The second kappa shape index (κ2) is 5.33. The Hall–Kier alpha value is -3.00. The Labute approximate surface area is 133 Å². The maximum Gasteiger partial charge on any atom is 0.162 e. The first-order valence-electron chi connectivity index (χ1n) is 7.52. The van der Waals surface area contributed by atoms with Gasteiger partial charge in [-0.3, -0.25) is 4.40 Å². The van der Waals surface area contributed by atoms with Crippen molar-refractivity contribution in [3.63, 3.8) is 0 Å². The van der Waals surface area contributed by atoms with Crippen molar-refractivity contribution in [3.8, 4) is 28.8 Å². The van der Waals surface area contributed by atoms with E-state index in [0.717, 1.165) is 39.8 Å². The molecule has 0 atom stereocenters. The lowest BCUT2D eigenvalue weighted by molar-refractivity contribution is 0.171. The minimum absolute atomic E-state index is 0.301. The van der Waals surface area contributed by atoms with Crippen LogP contribution in [0, 0.1) is 18.3 Å². The van der Waals surface area contributed by atoms with E-state index in [1.807, 2.05) is 47.7 Å². The Balaban J connectivity index is 1.93. The highest BCUT2D eigenvalue weighted by Crippen LogP contribution is 2.35. The Bertz CT molecular complexity index is 937. The van der Waals surface area contributed by atoms with Crippen molar-refractivity contribution in [2.75, 3.05) is 13.2 Å². The number of benzene rings is 1. The molecule has 0 N–H and O–H groups in total. The molecule has 0 bridgehead atoms. The fourth-order valence-electron chi connectivity index (χ4n) is 2.99. The molecular weight excluding hydrogens is 290 g/mol. The average molecular weight is 305 g/mol. The van der Waals surface area contributed by atoms with Gasteiger partial charge in [-0.25, -0.2) is 4.98 Å². The van der Waals surface area contributed by atoms with Gasteiger partial charge < -0.3 is 9.47 Å². The SMILES string of the molecule is Cc1cccc2nc(-c3ccc4c(c3)OCCO4)c(CC#N)n12. The molecule has 0 saturated carbocycles. The van der Waals surface area contributed by atoms with Crippen molar-refractivity contribution < 1.29 is 9.47 Å². The van der Waals surface area contributed by atoms with Gasteiger partial charge in [0.15, 0.2) is 11.5 Å². The van der Waals surface area contributed by atoms with Crippen molar-refractivity contribution in [2.24, 2.45) is 0 Å². The van der Waals surface area contributed by atoms with E-state index in [4.69, 9.17) is 14.5 Å². The molecule has 3 heterocycles. The molecular formula is C18H15N3O2. The lowest BCUT2D eigenvalue weighted by atomic mass is 10.1. The summed E-state index contributed by atoms with van der Waals surface area (Å²) in [4.78, 5) is 4.73. The second-order valence-electron chi connectivity index (χ2n) is 5.46. The smallest absolute Gasteiger partial charge is 0.162 e. The number of nitriles is 1. The molecule has 23 heavy (non-hydrogen) atoms. The Morgan fingerprint density at radius 2 is 2.00 bits per heavy atom. The number of pyridine rings is 1. The minimum atomic E-state index is 0.301. The zero-order valence-electron chi connectivity index (χ0n) is 12.7. The van der Waals surface area contributed by atoms with Crippen molar-refractivity contribution >= 4 is 5.65 Å². The summed E-state index contributed by atoms with van der Waals surface area (Å²) in [6.07, 6.45) is 0.301. The zero-order chi connectivity index (χ0) is 15.8. The van der Waals surface area contributed by atoms with Gasteiger partial charge in [0.05, 0.1) is 23.9 Å². The maximum atomic E-state index is 9.22. The molecule has 1 aliphatic heterocycles. The van der Waals surface area contributed by atoms with Gasteiger partial charge in [0.25, 0.3) is 0 Å². The molecule has 0 unspecified atom stereocenters. The first-order valence-corrected chi connectivity index (χ1v) is 7.52. The fraction of sp³-hybridized carbons (Fsp3) is 0.222. The predicted molar refractivity (Wildman–Crippen MR) is 85.7 cm³/mol. The van der Waals surface area contributed by atoms with Crippen molar-refractivity contribution in [3.05, 3.63) is 47.8 Å². The predicted octanol–water partition coefficient (Wildman–Crippen LogP) is 3.15. The highest BCUT2D eigenvalue weighted by Gasteiger charge is 2.18. The third-order valence-electron chi connectivity index (χ3n) is 4.00. The summed E-state index contributed by atoms with van der Waals surface area (Å²) < 4.78 is 13.3. The van der Waals surface area contributed by atoms with E-state index in [-0.39, 0.29) is 0 Å². The first kappa shape index (κ1) is 13.6. The molecule has 1 aliphatic rings. The molecule has 5 heteroatoms. The first-order chi connectivity index (χ1) is 11.3. The van der Waals surface area contributed by atoms with Gasteiger partial charge in [-0.15, -0.1) is 0 Å². The van der Waals surface area contributed by atoms with Crippen LogP contribution in [0.2, 0.25) is 0 Å². The molecule has 0 fully saturated rings. The summed E-state index contributed by atoms with van der Waals surface area (Å²) in [5.74, 6) is 1.48. The van der Waals surface area contributed by atoms with Gasteiger partial charge in [-0.1, -0.05) is 6.07 Å². The Kier molecular flexibility index (Phi) is 3.16. The van der Waals surface area contributed by atoms with Crippen LogP contribution in [-0.4, -0.2) is 22.6 Å². The standard InChI is InChI=1S/C18H15N3O2/c1-12-3-2-4-17-20-18(14(7-8-19)21(12)17)13-5-6-15-16(11-13)23-10-9-22-15/h2-6,11H,7,9-10H2,1H3. The summed E-state index contributed by atoms with van der Waals surface area (Å²) >= 11 is 0. The lowest BCUT2D eigenvalue weighted by Crippen LogP contribution is -2.15. The van der Waals surface area contributed by atoms with Crippen molar-refractivity contribution in [1.82, 2.24) is 9.38 Å². The third kappa shape index (κ3) is 2.20. The molecule has 0 radical (unpaired) electrons. The van der Waals surface area contributed by atoms with Crippen LogP contribution in [0.4, 0.5) is 0 Å².